The van der Waals surface area contributed by atoms with Gasteiger partial charge in [-0.1, -0.05) is 345 Å². The lowest BCUT2D eigenvalue weighted by Crippen LogP contribution is -2.45. The summed E-state index contributed by atoms with van der Waals surface area (Å²) >= 11 is 0. The van der Waals surface area contributed by atoms with Gasteiger partial charge >= 0.3 is 0 Å². The van der Waals surface area contributed by atoms with Crippen LogP contribution in [0, 0.1) is 0 Å². The average Bonchev–Trinajstić information content (AvgIpc) is 3.47. The molecule has 9 heteroatoms. The van der Waals surface area contributed by atoms with Crippen LogP contribution in [0.15, 0.2) is 48.6 Å². The van der Waals surface area contributed by atoms with Crippen molar-refractivity contribution < 1.29 is 32.9 Å². The Hall–Kier alpha value is -1.54. The van der Waals surface area contributed by atoms with Crippen LogP contribution in [0.2, 0.25) is 0 Å². The van der Waals surface area contributed by atoms with Gasteiger partial charge in [0.2, 0.25) is 5.91 Å². The van der Waals surface area contributed by atoms with Gasteiger partial charge < -0.3 is 28.8 Å². The fourth-order valence-electron chi connectivity index (χ4n) is 10.9. The first-order chi connectivity index (χ1) is 40.0. The highest BCUT2D eigenvalue weighted by atomic mass is 31.2. The van der Waals surface area contributed by atoms with E-state index < -0.39 is 20.0 Å². The number of hydrogen-bond donors (Lipinski definition) is 2. The zero-order valence-electron chi connectivity index (χ0n) is 55.5. The van der Waals surface area contributed by atoms with Crippen LogP contribution in [-0.2, 0) is 18.4 Å². The van der Waals surface area contributed by atoms with Crippen LogP contribution in [0.1, 0.15) is 361 Å². The third kappa shape index (κ3) is 66.0. The average molecular weight is 1170 g/mol. The second-order valence-electron chi connectivity index (χ2n) is 25.9. The molecule has 2 N–H and O–H groups in total. The summed E-state index contributed by atoms with van der Waals surface area (Å²) in [5.41, 5.74) is 0. The van der Waals surface area contributed by atoms with Gasteiger partial charge in [-0.05, 0) is 57.8 Å². The van der Waals surface area contributed by atoms with Crippen LogP contribution < -0.4 is 10.2 Å². The normalized spacial score (nSPS) is 13.9. The Kier molecular flexibility index (Phi) is 62.7. The second kappa shape index (κ2) is 63.9. The van der Waals surface area contributed by atoms with Gasteiger partial charge in [0.1, 0.15) is 13.2 Å². The number of carbonyl (C=O) groups excluding carboxylic acids is 1. The quantitative estimate of drug-likeness (QED) is 0.0272. The molecule has 0 rings (SSSR count). The van der Waals surface area contributed by atoms with E-state index in [0.29, 0.717) is 17.4 Å². The van der Waals surface area contributed by atoms with E-state index >= 15 is 0 Å². The number of allylic oxidation sites excluding steroid dienone is 7. The Morgan fingerprint density at radius 2 is 0.707 bits per heavy atom. The van der Waals surface area contributed by atoms with E-state index in [4.69, 9.17) is 9.05 Å². The molecule has 3 unspecified atom stereocenters. The van der Waals surface area contributed by atoms with E-state index in [2.05, 4.69) is 55.6 Å². The van der Waals surface area contributed by atoms with Crippen molar-refractivity contribution in [1.29, 1.82) is 0 Å². The van der Waals surface area contributed by atoms with Gasteiger partial charge in [-0.3, -0.25) is 9.36 Å². The predicted molar refractivity (Wildman–Crippen MR) is 358 cm³/mol. The van der Waals surface area contributed by atoms with Gasteiger partial charge in [-0.2, -0.15) is 0 Å². The second-order valence-corrected chi connectivity index (χ2v) is 27.4. The number of quaternary nitrogens is 1. The lowest BCUT2D eigenvalue weighted by atomic mass is 10.0. The van der Waals surface area contributed by atoms with Crippen molar-refractivity contribution in [2.24, 2.45) is 0 Å². The van der Waals surface area contributed by atoms with Gasteiger partial charge in [0.05, 0.1) is 39.9 Å². The summed E-state index contributed by atoms with van der Waals surface area (Å²) in [6, 6.07) is -0.889. The third-order valence-corrected chi connectivity index (χ3v) is 17.5. The van der Waals surface area contributed by atoms with E-state index in [0.717, 1.165) is 51.4 Å². The largest absolute Gasteiger partial charge is 0.756 e. The third-order valence-electron chi connectivity index (χ3n) is 16.5. The van der Waals surface area contributed by atoms with Crippen molar-refractivity contribution in [3.05, 3.63) is 48.6 Å². The predicted octanol–water partition coefficient (Wildman–Crippen LogP) is 22.4. The molecular formula is C73H141N2O6P. The van der Waals surface area contributed by atoms with Crippen LogP contribution in [0.25, 0.3) is 0 Å². The number of amides is 1. The lowest BCUT2D eigenvalue weighted by molar-refractivity contribution is -0.870. The number of aliphatic hydroxyl groups excluding tert-OH is 1. The molecule has 0 radical (unpaired) electrons. The number of aliphatic hydroxyl groups is 1. The molecule has 0 aromatic rings. The Labute approximate surface area is 511 Å². The van der Waals surface area contributed by atoms with E-state index in [1.807, 2.05) is 27.2 Å². The van der Waals surface area contributed by atoms with Crippen LogP contribution in [0.5, 0.6) is 0 Å². The topological polar surface area (TPSA) is 108 Å². The molecule has 0 aromatic carbocycles. The Morgan fingerprint density at radius 3 is 1.02 bits per heavy atom. The number of nitrogens with zero attached hydrogens (tertiary/aromatic N) is 1. The molecule has 0 saturated carbocycles. The first-order valence-electron chi connectivity index (χ1n) is 36.0. The highest BCUT2D eigenvalue weighted by molar-refractivity contribution is 7.45. The minimum absolute atomic E-state index is 0.000205. The Morgan fingerprint density at radius 1 is 0.427 bits per heavy atom. The fourth-order valence-corrected chi connectivity index (χ4v) is 11.7. The van der Waals surface area contributed by atoms with Crippen LogP contribution in [0.4, 0.5) is 0 Å². The Balaban J connectivity index is 4.05. The van der Waals surface area contributed by atoms with E-state index in [9.17, 15) is 19.4 Å². The molecule has 0 aliphatic carbocycles. The molecule has 0 aliphatic heterocycles. The van der Waals surface area contributed by atoms with Crippen LogP contribution in [0.3, 0.4) is 0 Å². The maximum Gasteiger partial charge on any atom is 0.268 e. The highest BCUT2D eigenvalue weighted by Gasteiger charge is 2.23. The van der Waals surface area contributed by atoms with E-state index in [-0.39, 0.29) is 19.1 Å². The number of rotatable bonds is 67. The molecule has 1 amide bonds. The molecule has 0 heterocycles. The fraction of sp³-hybridized carbons (Fsp3) is 0.877. The zero-order valence-corrected chi connectivity index (χ0v) is 56.4. The number of unbranched alkanes of at least 4 members (excludes halogenated alkanes) is 48. The van der Waals surface area contributed by atoms with Gasteiger partial charge in [-0.25, -0.2) is 0 Å². The number of phosphoric ester groups is 1. The standard InChI is InChI=1S/C73H141N2O6P/c1-6-8-10-12-14-16-18-20-22-24-26-28-30-32-34-36-37-39-41-43-45-47-49-51-53-55-57-59-61-63-65-67-73(77)74-71(70-81-82(78,79)80-69-68-75(3,4)5)72(76)66-64-62-60-58-56-54-52-50-48-46-44-42-40-38-35-33-31-29-27-25-23-21-19-17-15-13-11-9-7-2/h18,20,24,26,30,32,64,66,71-72,76H,6-17,19,21-23,25,27-29,31,33-63,65,67-70H2,1-5H3,(H-,74,77,78,79)/b20-18-,26-24-,32-30-,66-64+. The molecule has 3 atom stereocenters. The summed E-state index contributed by atoms with van der Waals surface area (Å²) in [6.45, 7) is 4.69. The smallest absolute Gasteiger partial charge is 0.268 e. The molecule has 8 nitrogen and oxygen atoms in total. The monoisotopic (exact) mass is 1170 g/mol. The maximum atomic E-state index is 13.0. The van der Waals surface area contributed by atoms with Gasteiger partial charge in [0.25, 0.3) is 7.82 Å². The molecular weight excluding hydrogens is 1030 g/mol. The van der Waals surface area contributed by atoms with Gasteiger partial charge in [0.15, 0.2) is 0 Å². The molecule has 0 fully saturated rings. The number of phosphoric acid groups is 1. The van der Waals surface area contributed by atoms with Crippen LogP contribution in [-0.4, -0.2) is 68.5 Å². The van der Waals surface area contributed by atoms with Crippen molar-refractivity contribution in [1.82, 2.24) is 5.32 Å². The van der Waals surface area contributed by atoms with Crippen LogP contribution >= 0.6 is 7.82 Å². The molecule has 484 valence electrons. The summed E-state index contributed by atoms with van der Waals surface area (Å²) in [7, 11) is 1.27. The number of carbonyl (C=O) groups is 1. The van der Waals surface area contributed by atoms with Crippen molar-refractivity contribution in [2.45, 2.75) is 373 Å². The highest BCUT2D eigenvalue weighted by Crippen LogP contribution is 2.38. The first kappa shape index (κ1) is 80.5. The summed E-state index contributed by atoms with van der Waals surface area (Å²) in [5, 5.41) is 14.0. The minimum Gasteiger partial charge on any atom is -0.756 e. The molecule has 0 bridgehead atoms. The maximum absolute atomic E-state index is 13.0. The molecule has 82 heavy (non-hydrogen) atoms. The van der Waals surface area contributed by atoms with Crippen molar-refractivity contribution >= 4 is 13.7 Å². The van der Waals surface area contributed by atoms with E-state index in [1.54, 1.807) is 6.08 Å². The molecule has 0 aromatic heterocycles. The van der Waals surface area contributed by atoms with Crippen molar-refractivity contribution in [3.63, 3.8) is 0 Å². The zero-order chi connectivity index (χ0) is 59.8. The number of hydrogen-bond acceptors (Lipinski definition) is 6. The van der Waals surface area contributed by atoms with E-state index in [1.165, 1.54) is 289 Å². The van der Waals surface area contributed by atoms with Gasteiger partial charge in [-0.15, -0.1) is 0 Å². The Bertz CT molecular complexity index is 1480. The first-order valence-corrected chi connectivity index (χ1v) is 37.5. The molecule has 0 spiro atoms. The van der Waals surface area contributed by atoms with Gasteiger partial charge in [0, 0.05) is 6.42 Å². The van der Waals surface area contributed by atoms with Crippen molar-refractivity contribution in [2.75, 3.05) is 40.9 Å². The number of nitrogens with one attached hydrogen (secondary N) is 1. The molecule has 0 aliphatic rings. The summed E-state index contributed by atoms with van der Waals surface area (Å²) < 4.78 is 23.5. The lowest BCUT2D eigenvalue weighted by Gasteiger charge is -2.29. The summed E-state index contributed by atoms with van der Waals surface area (Å²) in [5.74, 6) is -0.192. The number of likely N-dealkylation sites (N-methyl/N-ethyl adjacent to an activating group) is 1. The minimum atomic E-state index is -4.60. The van der Waals surface area contributed by atoms with Crippen molar-refractivity contribution in [3.8, 4) is 0 Å². The summed E-state index contributed by atoms with van der Waals surface area (Å²) in [6.07, 6.45) is 86.6. The summed E-state index contributed by atoms with van der Waals surface area (Å²) in [4.78, 5) is 25.6. The SMILES string of the molecule is CCCCCCC/C=C\C/C=C\C/C=C\CCCCCCCCCCCCCCCCCCC(=O)NC(COP(=O)([O-])OCC[N+](C)(C)C)C(O)/C=C/CCCCCCCCCCCCCCCCCCCCCCCCCCCCC. The molecule has 0 saturated heterocycles.